The number of hydrogen-bond acceptors (Lipinski definition) is 5. The number of ketones is 1. The first-order valence-electron chi connectivity index (χ1n) is 9.51. The summed E-state index contributed by atoms with van der Waals surface area (Å²) in [5, 5.41) is 0. The van der Waals surface area contributed by atoms with Crippen LogP contribution in [0.3, 0.4) is 0 Å². The number of nitrogens with two attached hydrogens (primary N) is 2. The Hall–Kier alpha value is -2.40. The topological polar surface area (TPSA) is 119 Å². The molecule has 10 heteroatoms. The molecule has 0 aliphatic rings. The first-order valence-corrected chi connectivity index (χ1v) is 10.3. The minimum atomic E-state index is -0.928. The monoisotopic (exact) mass is 640 g/mol. The Labute approximate surface area is 221 Å². The second kappa shape index (κ2) is 13.3. The second-order valence-corrected chi connectivity index (χ2v) is 7.81. The zero-order valence-corrected chi connectivity index (χ0v) is 22.4. The van der Waals surface area contributed by atoms with Crippen molar-refractivity contribution in [3.63, 3.8) is 0 Å². The maximum atomic E-state index is 13.2. The smallest absolute Gasteiger partial charge is 0.244 e. The van der Waals surface area contributed by atoms with Gasteiger partial charge in [0.05, 0.1) is 11.7 Å². The Kier molecular flexibility index (Phi) is 11.6. The van der Waals surface area contributed by atoms with Crippen molar-refractivity contribution in [3.8, 4) is 0 Å². The van der Waals surface area contributed by atoms with Gasteiger partial charge in [-0.25, -0.2) is 0 Å². The summed E-state index contributed by atoms with van der Waals surface area (Å²) in [6, 6.07) is 18.2. The van der Waals surface area contributed by atoms with Crippen molar-refractivity contribution in [1.29, 1.82) is 0 Å². The summed E-state index contributed by atoms with van der Waals surface area (Å²) in [5.74, 6) is -1.63. The number of nitrogens with zero attached hydrogens (tertiary/aromatic N) is 2. The van der Waals surface area contributed by atoms with E-state index in [0.717, 1.165) is 5.56 Å². The molecule has 1 atom stereocenters. The molecule has 1 heterocycles. The minimum Gasteiger partial charge on any atom is -0.368 e. The van der Waals surface area contributed by atoms with Crippen LogP contribution in [0.4, 0.5) is 5.69 Å². The Morgan fingerprint density at radius 1 is 0.970 bits per heavy atom. The molecule has 3 aromatic rings. The number of amides is 2. The van der Waals surface area contributed by atoms with Crippen molar-refractivity contribution in [2.24, 2.45) is 11.5 Å². The van der Waals surface area contributed by atoms with Crippen LogP contribution in [0, 0.1) is 0 Å². The number of rotatable bonds is 8. The van der Waals surface area contributed by atoms with Crippen LogP contribution in [0.5, 0.6) is 0 Å². The summed E-state index contributed by atoms with van der Waals surface area (Å²) >= 11 is 3.35. The van der Waals surface area contributed by atoms with Gasteiger partial charge in [0.15, 0.2) is 0 Å². The lowest BCUT2D eigenvalue weighted by Gasteiger charge is -2.26. The van der Waals surface area contributed by atoms with E-state index in [1.54, 1.807) is 36.4 Å². The molecule has 0 saturated carbocycles. The predicted octanol–water partition coefficient (Wildman–Crippen LogP) is 3.62. The van der Waals surface area contributed by atoms with E-state index in [9.17, 15) is 14.4 Å². The summed E-state index contributed by atoms with van der Waals surface area (Å²) in [4.78, 5) is 43.4. The van der Waals surface area contributed by atoms with Crippen molar-refractivity contribution in [2.45, 2.75) is 12.5 Å². The van der Waals surface area contributed by atoms with Gasteiger partial charge < -0.3 is 16.4 Å². The molecule has 174 valence electrons. The van der Waals surface area contributed by atoms with Crippen molar-refractivity contribution < 1.29 is 14.4 Å². The molecule has 1 aromatic heterocycles. The van der Waals surface area contributed by atoms with E-state index in [0.29, 0.717) is 4.47 Å². The Morgan fingerprint density at radius 2 is 1.64 bits per heavy atom. The molecule has 7 nitrogen and oxygen atoms in total. The molecular formula is C23H23Br3N4O3. The summed E-state index contributed by atoms with van der Waals surface area (Å²) in [6.07, 6.45) is 1.78. The highest BCUT2D eigenvalue weighted by Gasteiger charge is 2.28. The molecule has 0 spiro atoms. The van der Waals surface area contributed by atoms with Crippen LogP contribution in [-0.4, -0.2) is 35.2 Å². The molecule has 0 saturated heterocycles. The average molecular weight is 643 g/mol. The summed E-state index contributed by atoms with van der Waals surface area (Å²) in [6.45, 7) is -0.411. The molecule has 0 unspecified atom stereocenters. The third kappa shape index (κ3) is 7.56. The van der Waals surface area contributed by atoms with Gasteiger partial charge in [-0.3, -0.25) is 19.4 Å². The first kappa shape index (κ1) is 28.6. The van der Waals surface area contributed by atoms with E-state index in [1.165, 1.54) is 11.1 Å². The number of benzene rings is 2. The van der Waals surface area contributed by atoms with Gasteiger partial charge >= 0.3 is 0 Å². The summed E-state index contributed by atoms with van der Waals surface area (Å²) in [7, 11) is 0. The average Bonchev–Trinajstić information content (AvgIpc) is 2.77. The van der Waals surface area contributed by atoms with Gasteiger partial charge in [0.25, 0.3) is 0 Å². The van der Waals surface area contributed by atoms with Crippen LogP contribution < -0.4 is 16.4 Å². The van der Waals surface area contributed by atoms with Gasteiger partial charge in [-0.1, -0.05) is 52.3 Å². The zero-order valence-electron chi connectivity index (χ0n) is 17.4. The molecule has 0 aliphatic carbocycles. The highest BCUT2D eigenvalue weighted by atomic mass is 79.9. The maximum absolute atomic E-state index is 13.2. The minimum absolute atomic E-state index is 0. The SMILES string of the molecule is Br.Br.NC(=O)CN(C(=O)[C@@H](N)Cc1ccccc1)c1ccc(Br)cc1C(=O)c1ccccn1. The van der Waals surface area contributed by atoms with Crippen LogP contribution in [0.15, 0.2) is 77.4 Å². The molecular weight excluding hydrogens is 620 g/mol. The lowest BCUT2D eigenvalue weighted by atomic mass is 10.0. The first-order chi connectivity index (χ1) is 14.9. The molecule has 0 radical (unpaired) electrons. The molecule has 2 aromatic carbocycles. The van der Waals surface area contributed by atoms with E-state index < -0.39 is 30.2 Å². The van der Waals surface area contributed by atoms with Gasteiger partial charge in [-0.15, -0.1) is 34.0 Å². The zero-order chi connectivity index (χ0) is 22.4. The molecule has 0 aliphatic heterocycles. The summed E-state index contributed by atoms with van der Waals surface area (Å²) < 4.78 is 0.635. The fourth-order valence-electron chi connectivity index (χ4n) is 3.15. The number of aromatic nitrogens is 1. The number of pyridine rings is 1. The highest BCUT2D eigenvalue weighted by Crippen LogP contribution is 2.27. The Morgan fingerprint density at radius 3 is 2.24 bits per heavy atom. The third-order valence-corrected chi connectivity index (χ3v) is 5.08. The largest absolute Gasteiger partial charge is 0.368 e. The second-order valence-electron chi connectivity index (χ2n) is 6.89. The molecule has 4 N–H and O–H groups in total. The molecule has 0 bridgehead atoms. The van der Waals surface area contributed by atoms with Crippen LogP contribution in [-0.2, 0) is 16.0 Å². The van der Waals surface area contributed by atoms with E-state index in [2.05, 4.69) is 20.9 Å². The third-order valence-electron chi connectivity index (χ3n) is 4.59. The quantitative estimate of drug-likeness (QED) is 0.364. The predicted molar refractivity (Wildman–Crippen MR) is 142 cm³/mol. The van der Waals surface area contributed by atoms with E-state index in [-0.39, 0.29) is 57.3 Å². The number of primary amides is 1. The fraction of sp³-hybridized carbons (Fsp3) is 0.130. The van der Waals surface area contributed by atoms with Crippen LogP contribution >= 0.6 is 49.9 Å². The Bertz CT molecular complexity index is 1100. The Balaban J connectivity index is 0.00000272. The van der Waals surface area contributed by atoms with E-state index in [1.807, 2.05) is 30.3 Å². The van der Waals surface area contributed by atoms with Gasteiger partial charge in [0.2, 0.25) is 17.6 Å². The van der Waals surface area contributed by atoms with Crippen molar-refractivity contribution >= 4 is 73.2 Å². The van der Waals surface area contributed by atoms with Gasteiger partial charge in [-0.05, 0) is 42.3 Å². The standard InChI is InChI=1S/C23H21BrN4O3.2BrH/c24-16-9-10-20(17(13-16)22(30)19-8-4-5-11-27-19)28(14-21(26)29)23(31)18(25)12-15-6-2-1-3-7-15;;/h1-11,13,18H,12,14,25H2,(H2,26,29);2*1H/t18-;;/m0../s1. The number of halogens is 3. The normalized spacial score (nSPS) is 10.8. The number of hydrogen-bond donors (Lipinski definition) is 2. The lowest BCUT2D eigenvalue weighted by molar-refractivity contribution is -0.123. The van der Waals surface area contributed by atoms with Crippen molar-refractivity contribution in [1.82, 2.24) is 4.98 Å². The van der Waals surface area contributed by atoms with E-state index in [4.69, 9.17) is 11.5 Å². The molecule has 2 amide bonds. The van der Waals surface area contributed by atoms with E-state index >= 15 is 0 Å². The maximum Gasteiger partial charge on any atom is 0.244 e. The van der Waals surface area contributed by atoms with Crippen molar-refractivity contribution in [2.75, 3.05) is 11.4 Å². The summed E-state index contributed by atoms with van der Waals surface area (Å²) in [5.41, 5.74) is 13.1. The highest BCUT2D eigenvalue weighted by molar-refractivity contribution is 9.10. The number of anilines is 1. The number of carbonyl (C=O) groups is 3. The molecule has 0 fully saturated rings. The van der Waals surface area contributed by atoms with Crippen LogP contribution in [0.1, 0.15) is 21.6 Å². The van der Waals surface area contributed by atoms with Gasteiger partial charge in [-0.2, -0.15) is 0 Å². The molecule has 33 heavy (non-hydrogen) atoms. The van der Waals surface area contributed by atoms with Crippen LogP contribution in [0.25, 0.3) is 0 Å². The molecule has 3 rings (SSSR count). The van der Waals surface area contributed by atoms with Crippen LogP contribution in [0.2, 0.25) is 0 Å². The lowest BCUT2D eigenvalue weighted by Crippen LogP contribution is -2.48. The van der Waals surface area contributed by atoms with Gasteiger partial charge in [0, 0.05) is 16.2 Å². The van der Waals surface area contributed by atoms with Crippen molar-refractivity contribution in [3.05, 3.63) is 94.2 Å². The van der Waals surface area contributed by atoms with Gasteiger partial charge in [0.1, 0.15) is 12.2 Å². The number of carbonyl (C=O) groups excluding carboxylic acids is 3. The fourth-order valence-corrected chi connectivity index (χ4v) is 3.51.